The summed E-state index contributed by atoms with van der Waals surface area (Å²) in [7, 11) is -0.791. The van der Waals surface area contributed by atoms with Gasteiger partial charge in [-0.25, -0.2) is 8.42 Å². The lowest BCUT2D eigenvalue weighted by atomic mass is 10.3. The van der Waals surface area contributed by atoms with Crippen molar-refractivity contribution in [3.8, 4) is 11.5 Å². The number of benzene rings is 2. The summed E-state index contributed by atoms with van der Waals surface area (Å²) < 4.78 is 42.7. The van der Waals surface area contributed by atoms with Crippen molar-refractivity contribution in [2.45, 2.75) is 4.90 Å². The highest BCUT2D eigenvalue weighted by atomic mass is 35.5. The van der Waals surface area contributed by atoms with Crippen molar-refractivity contribution in [3.63, 3.8) is 0 Å². The minimum atomic E-state index is -3.84. The Morgan fingerprint density at radius 2 is 1.82 bits per heavy atom. The van der Waals surface area contributed by atoms with Gasteiger partial charge in [0.05, 0.1) is 23.6 Å². The Bertz CT molecular complexity index is 903. The fourth-order valence-corrected chi connectivity index (χ4v) is 3.51. The van der Waals surface area contributed by atoms with Crippen molar-refractivity contribution in [1.29, 1.82) is 0 Å². The van der Waals surface area contributed by atoms with Crippen LogP contribution in [0.15, 0.2) is 47.4 Å². The maximum Gasteiger partial charge on any atom is 0.261 e. The van der Waals surface area contributed by atoms with Gasteiger partial charge in [-0.2, -0.15) is 0 Å². The van der Waals surface area contributed by atoms with Crippen molar-refractivity contribution < 1.29 is 27.4 Å². The second-order valence-electron chi connectivity index (χ2n) is 5.56. The first-order valence-corrected chi connectivity index (χ1v) is 10.1. The van der Waals surface area contributed by atoms with Gasteiger partial charge in [-0.15, -0.1) is 0 Å². The number of amides is 1. The number of hydrogen-bond donors (Lipinski definition) is 2. The molecule has 2 rings (SSSR count). The highest BCUT2D eigenvalue weighted by Gasteiger charge is 2.17. The van der Waals surface area contributed by atoms with E-state index in [0.717, 1.165) is 0 Å². The molecule has 0 heterocycles. The summed E-state index contributed by atoms with van der Waals surface area (Å²) in [5.41, 5.74) is 0.380. The molecule has 2 N–H and O–H groups in total. The van der Waals surface area contributed by atoms with Gasteiger partial charge in [0.15, 0.2) is 6.61 Å². The fraction of sp³-hybridized carbons (Fsp3) is 0.278. The Labute approximate surface area is 168 Å². The number of carbonyl (C=O) groups is 1. The molecule has 0 bridgehead atoms. The summed E-state index contributed by atoms with van der Waals surface area (Å²) in [6.07, 6.45) is 0. The molecule has 0 saturated carbocycles. The number of sulfonamides is 1. The number of ether oxygens (including phenoxy) is 3. The van der Waals surface area contributed by atoms with Crippen molar-refractivity contribution in [1.82, 2.24) is 5.32 Å². The molecule has 0 radical (unpaired) electrons. The highest BCUT2D eigenvalue weighted by Crippen LogP contribution is 2.28. The fourth-order valence-electron chi connectivity index (χ4n) is 2.13. The lowest BCUT2D eigenvalue weighted by Crippen LogP contribution is -2.31. The van der Waals surface area contributed by atoms with E-state index in [1.165, 1.54) is 32.4 Å². The van der Waals surface area contributed by atoms with Crippen molar-refractivity contribution in [2.24, 2.45) is 0 Å². The maximum atomic E-state index is 12.5. The topological polar surface area (TPSA) is 103 Å². The molecule has 0 fully saturated rings. The Hall–Kier alpha value is -2.49. The van der Waals surface area contributed by atoms with E-state index in [4.69, 9.17) is 25.8 Å². The molecule has 0 spiro atoms. The van der Waals surface area contributed by atoms with Crippen LogP contribution in [0.3, 0.4) is 0 Å². The standard InChI is InChI=1S/C18H21ClN2O6S/c1-25-10-9-20-18(22)12-27-17-8-7-15(11-16(17)19)28(23,24)21-13-3-5-14(26-2)6-4-13/h3-8,11,21H,9-10,12H2,1-2H3,(H,20,22). The van der Waals surface area contributed by atoms with Crippen molar-refractivity contribution in [2.75, 3.05) is 38.7 Å². The number of anilines is 1. The third-order valence-electron chi connectivity index (χ3n) is 3.54. The zero-order valence-corrected chi connectivity index (χ0v) is 17.0. The van der Waals surface area contributed by atoms with E-state index >= 15 is 0 Å². The molecular weight excluding hydrogens is 408 g/mol. The van der Waals surface area contributed by atoms with E-state index in [0.29, 0.717) is 24.6 Å². The smallest absolute Gasteiger partial charge is 0.261 e. The molecule has 152 valence electrons. The van der Waals surface area contributed by atoms with Crippen LogP contribution in [-0.4, -0.2) is 48.3 Å². The summed E-state index contributed by atoms with van der Waals surface area (Å²) in [5, 5.41) is 2.67. The van der Waals surface area contributed by atoms with Crippen molar-refractivity contribution >= 4 is 33.2 Å². The molecular formula is C18H21ClN2O6S. The van der Waals surface area contributed by atoms with E-state index in [-0.39, 0.29) is 28.2 Å². The van der Waals surface area contributed by atoms with Gasteiger partial charge in [-0.05, 0) is 42.5 Å². The van der Waals surface area contributed by atoms with E-state index in [1.54, 1.807) is 24.3 Å². The van der Waals surface area contributed by atoms with Crippen LogP contribution >= 0.6 is 11.6 Å². The van der Waals surface area contributed by atoms with Crippen LogP contribution in [0.4, 0.5) is 5.69 Å². The predicted molar refractivity (Wildman–Crippen MR) is 106 cm³/mol. The number of methoxy groups -OCH3 is 2. The second kappa shape index (κ2) is 10.2. The molecule has 0 aliphatic rings. The second-order valence-corrected chi connectivity index (χ2v) is 7.65. The quantitative estimate of drug-likeness (QED) is 0.563. The van der Waals surface area contributed by atoms with Gasteiger partial charge in [-0.1, -0.05) is 11.6 Å². The number of nitrogens with one attached hydrogen (secondary N) is 2. The largest absolute Gasteiger partial charge is 0.497 e. The summed E-state index contributed by atoms with van der Waals surface area (Å²) in [4.78, 5) is 11.6. The Kier molecular flexibility index (Phi) is 7.91. The number of rotatable bonds is 10. The number of carbonyl (C=O) groups excluding carboxylic acids is 1. The summed E-state index contributed by atoms with van der Waals surface area (Å²) in [6, 6.07) is 10.4. The maximum absolute atomic E-state index is 12.5. The Morgan fingerprint density at radius 1 is 1.11 bits per heavy atom. The van der Waals surface area contributed by atoms with Gasteiger partial charge in [0.25, 0.3) is 15.9 Å². The Balaban J connectivity index is 2.02. The van der Waals surface area contributed by atoms with E-state index in [2.05, 4.69) is 10.0 Å². The SMILES string of the molecule is COCCNC(=O)COc1ccc(S(=O)(=O)Nc2ccc(OC)cc2)cc1Cl. The molecule has 0 aliphatic heterocycles. The molecule has 10 heteroatoms. The minimum Gasteiger partial charge on any atom is -0.497 e. The van der Waals surface area contributed by atoms with E-state index < -0.39 is 10.0 Å². The van der Waals surface area contributed by atoms with Crippen LogP contribution in [0.5, 0.6) is 11.5 Å². The molecule has 0 aliphatic carbocycles. The average Bonchev–Trinajstić information content (AvgIpc) is 2.67. The van der Waals surface area contributed by atoms with Gasteiger partial charge in [0.1, 0.15) is 11.5 Å². The molecule has 0 atom stereocenters. The van der Waals surface area contributed by atoms with E-state index in [1.807, 2.05) is 0 Å². The number of hydrogen-bond acceptors (Lipinski definition) is 6. The van der Waals surface area contributed by atoms with Crippen LogP contribution in [0.2, 0.25) is 5.02 Å². The van der Waals surface area contributed by atoms with Gasteiger partial charge >= 0.3 is 0 Å². The van der Waals surface area contributed by atoms with Gasteiger partial charge in [0.2, 0.25) is 0 Å². The molecule has 0 saturated heterocycles. The average molecular weight is 429 g/mol. The molecule has 8 nitrogen and oxygen atoms in total. The van der Waals surface area contributed by atoms with Crippen LogP contribution in [-0.2, 0) is 19.6 Å². The monoisotopic (exact) mass is 428 g/mol. The molecule has 28 heavy (non-hydrogen) atoms. The van der Waals surface area contributed by atoms with E-state index in [9.17, 15) is 13.2 Å². The summed E-state index contributed by atoms with van der Waals surface area (Å²) in [5.74, 6) is 0.469. The lowest BCUT2D eigenvalue weighted by molar-refractivity contribution is -0.123. The molecule has 0 unspecified atom stereocenters. The lowest BCUT2D eigenvalue weighted by Gasteiger charge is -2.12. The third-order valence-corrected chi connectivity index (χ3v) is 5.22. The van der Waals surface area contributed by atoms with Gasteiger partial charge in [0, 0.05) is 19.3 Å². The molecule has 2 aromatic rings. The predicted octanol–water partition coefficient (Wildman–Crippen LogP) is 2.29. The molecule has 2 aromatic carbocycles. The van der Waals surface area contributed by atoms with Gasteiger partial charge in [-0.3, -0.25) is 9.52 Å². The normalized spacial score (nSPS) is 11.0. The van der Waals surface area contributed by atoms with Crippen LogP contribution in [0.1, 0.15) is 0 Å². The van der Waals surface area contributed by atoms with Crippen LogP contribution in [0.25, 0.3) is 0 Å². The van der Waals surface area contributed by atoms with Crippen LogP contribution in [0, 0.1) is 0 Å². The highest BCUT2D eigenvalue weighted by molar-refractivity contribution is 7.92. The number of halogens is 1. The summed E-state index contributed by atoms with van der Waals surface area (Å²) >= 11 is 6.10. The first-order valence-electron chi connectivity index (χ1n) is 8.20. The Morgan fingerprint density at radius 3 is 2.43 bits per heavy atom. The van der Waals surface area contributed by atoms with Gasteiger partial charge < -0.3 is 19.5 Å². The third kappa shape index (κ3) is 6.29. The van der Waals surface area contributed by atoms with Crippen molar-refractivity contribution in [3.05, 3.63) is 47.5 Å². The summed E-state index contributed by atoms with van der Waals surface area (Å²) in [6.45, 7) is 0.501. The minimum absolute atomic E-state index is 0.0368. The zero-order valence-electron chi connectivity index (χ0n) is 15.4. The molecule has 0 aromatic heterocycles. The first-order chi connectivity index (χ1) is 13.4. The zero-order chi connectivity index (χ0) is 20.6. The molecule has 1 amide bonds. The first kappa shape index (κ1) is 21.8. The van der Waals surface area contributed by atoms with Crippen LogP contribution < -0.4 is 19.5 Å².